The molecule has 5 heteroatoms. The predicted molar refractivity (Wildman–Crippen MR) is 85.0 cm³/mol. The van der Waals surface area contributed by atoms with E-state index in [1.165, 1.54) is 25.1 Å². The Morgan fingerprint density at radius 2 is 2.05 bits per heavy atom. The van der Waals surface area contributed by atoms with Gasteiger partial charge in [0.15, 0.2) is 0 Å². The van der Waals surface area contributed by atoms with Gasteiger partial charge in [-0.2, -0.15) is 5.10 Å². The molecule has 21 heavy (non-hydrogen) atoms. The number of rotatable bonds is 7. The summed E-state index contributed by atoms with van der Waals surface area (Å²) in [6.07, 6.45) is 9.83. The van der Waals surface area contributed by atoms with E-state index in [4.69, 9.17) is 10.7 Å². The lowest BCUT2D eigenvalue weighted by Gasteiger charge is -2.08. The van der Waals surface area contributed by atoms with Crippen molar-refractivity contribution in [3.05, 3.63) is 18.2 Å². The highest BCUT2D eigenvalue weighted by molar-refractivity contribution is 5.70. The van der Waals surface area contributed by atoms with Gasteiger partial charge in [-0.25, -0.2) is 4.98 Å². The summed E-state index contributed by atoms with van der Waals surface area (Å²) in [4.78, 5) is 4.85. The molecule has 5 nitrogen and oxygen atoms in total. The van der Waals surface area contributed by atoms with E-state index in [2.05, 4.69) is 29.7 Å². The van der Waals surface area contributed by atoms with Crippen molar-refractivity contribution in [2.75, 3.05) is 5.73 Å². The summed E-state index contributed by atoms with van der Waals surface area (Å²) in [5, 5.41) is 4.40. The fourth-order valence-electron chi connectivity index (χ4n) is 2.74. The number of nitrogens with zero attached hydrogens (tertiary/aromatic N) is 4. The molecule has 1 fully saturated rings. The van der Waals surface area contributed by atoms with Gasteiger partial charge in [0.05, 0.1) is 6.20 Å². The van der Waals surface area contributed by atoms with E-state index >= 15 is 0 Å². The Morgan fingerprint density at radius 1 is 1.24 bits per heavy atom. The van der Waals surface area contributed by atoms with Crippen molar-refractivity contribution in [2.24, 2.45) is 0 Å². The number of aryl methyl sites for hydroxylation is 1. The monoisotopic (exact) mass is 287 g/mol. The van der Waals surface area contributed by atoms with E-state index in [9.17, 15) is 0 Å². The van der Waals surface area contributed by atoms with E-state index in [1.807, 2.05) is 10.9 Å². The van der Waals surface area contributed by atoms with Crippen molar-refractivity contribution < 1.29 is 0 Å². The number of hydrogen-bond donors (Lipinski definition) is 1. The smallest absolute Gasteiger partial charge is 0.131 e. The van der Waals surface area contributed by atoms with Gasteiger partial charge in [-0.15, -0.1) is 0 Å². The van der Waals surface area contributed by atoms with Crippen LogP contribution in [-0.4, -0.2) is 19.3 Å². The Labute approximate surface area is 126 Å². The Bertz CT molecular complexity index is 606. The molecule has 2 N–H and O–H groups in total. The molecular formula is C16H25N5. The molecule has 0 saturated heterocycles. The summed E-state index contributed by atoms with van der Waals surface area (Å²) in [6, 6.07) is 0. The van der Waals surface area contributed by atoms with Gasteiger partial charge in [0.2, 0.25) is 0 Å². The number of aromatic nitrogens is 4. The third kappa shape index (κ3) is 2.82. The topological polar surface area (TPSA) is 61.7 Å². The minimum absolute atomic E-state index is 0.614. The second-order valence-corrected chi connectivity index (χ2v) is 5.98. The first-order chi connectivity index (χ1) is 10.2. The first-order valence-electron chi connectivity index (χ1n) is 8.13. The van der Waals surface area contributed by atoms with Crippen LogP contribution < -0.4 is 5.73 Å². The van der Waals surface area contributed by atoms with E-state index < -0.39 is 0 Å². The first-order valence-corrected chi connectivity index (χ1v) is 8.13. The minimum Gasteiger partial charge on any atom is -0.383 e. The van der Waals surface area contributed by atoms with Gasteiger partial charge < -0.3 is 10.3 Å². The van der Waals surface area contributed by atoms with Crippen LogP contribution in [-0.2, 0) is 13.1 Å². The molecule has 0 amide bonds. The van der Waals surface area contributed by atoms with Crippen molar-refractivity contribution in [2.45, 2.75) is 65.0 Å². The molecule has 1 saturated carbocycles. The van der Waals surface area contributed by atoms with Crippen LogP contribution in [0.25, 0.3) is 11.3 Å². The number of nitrogens with two attached hydrogens (primary N) is 1. The summed E-state index contributed by atoms with van der Waals surface area (Å²) >= 11 is 0. The summed E-state index contributed by atoms with van der Waals surface area (Å²) in [6.45, 7) is 6.27. The molecule has 0 bridgehead atoms. The number of hydrogen-bond acceptors (Lipinski definition) is 3. The average molecular weight is 287 g/mol. The third-order valence-electron chi connectivity index (χ3n) is 4.07. The van der Waals surface area contributed by atoms with E-state index in [-0.39, 0.29) is 0 Å². The molecule has 1 aliphatic rings. The van der Waals surface area contributed by atoms with Gasteiger partial charge in [0.1, 0.15) is 17.3 Å². The highest BCUT2D eigenvalue weighted by Crippen LogP contribution is 2.42. The standard InChI is InChI=1S/C16H25N5/c1-3-5-9-21-15(17)14(19-16(21)12-6-7-12)13-10-18-20(11-13)8-4-2/h10-12H,3-9,17H2,1-2H3. The summed E-state index contributed by atoms with van der Waals surface area (Å²) in [5.41, 5.74) is 8.34. The Balaban J connectivity index is 1.93. The quantitative estimate of drug-likeness (QED) is 0.848. The maximum absolute atomic E-state index is 6.39. The van der Waals surface area contributed by atoms with Crippen molar-refractivity contribution in [3.8, 4) is 11.3 Å². The van der Waals surface area contributed by atoms with Gasteiger partial charge >= 0.3 is 0 Å². The molecule has 114 valence electrons. The van der Waals surface area contributed by atoms with Crippen molar-refractivity contribution in [1.82, 2.24) is 19.3 Å². The van der Waals surface area contributed by atoms with Crippen LogP contribution in [0.1, 0.15) is 57.7 Å². The van der Waals surface area contributed by atoms with Gasteiger partial charge in [-0.3, -0.25) is 4.68 Å². The maximum atomic E-state index is 6.39. The van der Waals surface area contributed by atoms with E-state index in [0.29, 0.717) is 5.92 Å². The fourth-order valence-corrected chi connectivity index (χ4v) is 2.74. The molecule has 1 aliphatic carbocycles. The second-order valence-electron chi connectivity index (χ2n) is 5.98. The van der Waals surface area contributed by atoms with Crippen molar-refractivity contribution >= 4 is 5.82 Å². The molecule has 0 atom stereocenters. The van der Waals surface area contributed by atoms with Crippen molar-refractivity contribution in [3.63, 3.8) is 0 Å². The van der Waals surface area contributed by atoms with Gasteiger partial charge in [0.25, 0.3) is 0 Å². The van der Waals surface area contributed by atoms with Crippen molar-refractivity contribution in [1.29, 1.82) is 0 Å². The zero-order chi connectivity index (χ0) is 14.8. The van der Waals surface area contributed by atoms with Gasteiger partial charge in [-0.05, 0) is 25.7 Å². The lowest BCUT2D eigenvalue weighted by Crippen LogP contribution is -2.06. The molecule has 0 radical (unpaired) electrons. The highest BCUT2D eigenvalue weighted by Gasteiger charge is 2.31. The Morgan fingerprint density at radius 3 is 2.71 bits per heavy atom. The summed E-state index contributed by atoms with van der Waals surface area (Å²) in [7, 11) is 0. The molecule has 2 heterocycles. The normalized spacial score (nSPS) is 14.8. The molecule has 2 aromatic heterocycles. The molecule has 0 aliphatic heterocycles. The fraction of sp³-hybridized carbons (Fsp3) is 0.625. The molecule has 0 aromatic carbocycles. The van der Waals surface area contributed by atoms with Crippen LogP contribution >= 0.6 is 0 Å². The van der Waals surface area contributed by atoms with Crippen LogP contribution in [0.5, 0.6) is 0 Å². The molecule has 0 unspecified atom stereocenters. The van der Waals surface area contributed by atoms with Gasteiger partial charge in [-0.1, -0.05) is 20.3 Å². The van der Waals surface area contributed by atoms with Crippen LogP contribution in [0, 0.1) is 0 Å². The lowest BCUT2D eigenvalue weighted by atomic mass is 10.2. The molecule has 3 rings (SSSR count). The highest BCUT2D eigenvalue weighted by atomic mass is 15.3. The van der Waals surface area contributed by atoms with E-state index in [0.717, 1.165) is 43.0 Å². The predicted octanol–water partition coefficient (Wildman–Crippen LogP) is 3.42. The number of unbranched alkanes of at least 4 members (excludes halogenated alkanes) is 1. The van der Waals surface area contributed by atoms with Crippen LogP contribution in [0.4, 0.5) is 5.82 Å². The Kier molecular flexibility index (Phi) is 3.99. The SMILES string of the molecule is CCCCn1c(C2CC2)nc(-c2cnn(CCC)c2)c1N. The van der Waals surface area contributed by atoms with Crippen LogP contribution in [0.2, 0.25) is 0 Å². The first kappa shape index (κ1) is 14.2. The lowest BCUT2D eigenvalue weighted by molar-refractivity contribution is 0.603. The number of imidazole rings is 1. The second kappa shape index (κ2) is 5.92. The van der Waals surface area contributed by atoms with Gasteiger partial charge in [0, 0.05) is 30.8 Å². The summed E-state index contributed by atoms with van der Waals surface area (Å²) in [5.74, 6) is 2.60. The Hall–Kier alpha value is -1.78. The average Bonchev–Trinajstić information content (AvgIpc) is 3.13. The van der Waals surface area contributed by atoms with Crippen LogP contribution in [0.15, 0.2) is 12.4 Å². The molecule has 0 spiro atoms. The molecule has 2 aromatic rings. The zero-order valence-corrected chi connectivity index (χ0v) is 13.0. The zero-order valence-electron chi connectivity index (χ0n) is 13.0. The van der Waals surface area contributed by atoms with Crippen LogP contribution in [0.3, 0.4) is 0 Å². The maximum Gasteiger partial charge on any atom is 0.131 e. The minimum atomic E-state index is 0.614. The third-order valence-corrected chi connectivity index (χ3v) is 4.07. The van der Waals surface area contributed by atoms with E-state index in [1.54, 1.807) is 0 Å². The molecular weight excluding hydrogens is 262 g/mol. The summed E-state index contributed by atoms with van der Waals surface area (Å²) < 4.78 is 4.20. The largest absolute Gasteiger partial charge is 0.383 e. The number of nitrogen functional groups attached to an aromatic ring is 1. The number of anilines is 1.